The summed E-state index contributed by atoms with van der Waals surface area (Å²) in [6.45, 7) is 2.68. The topological polar surface area (TPSA) is 81.8 Å². The van der Waals surface area contributed by atoms with E-state index in [1.165, 1.54) is 18.5 Å². The lowest BCUT2D eigenvalue weighted by Crippen LogP contribution is -2.36. The van der Waals surface area contributed by atoms with Crippen LogP contribution in [0.5, 0.6) is 0 Å². The van der Waals surface area contributed by atoms with Gasteiger partial charge in [-0.25, -0.2) is 4.79 Å². The van der Waals surface area contributed by atoms with Crippen LogP contribution >= 0.6 is 0 Å². The van der Waals surface area contributed by atoms with E-state index in [0.717, 1.165) is 18.7 Å². The first-order chi connectivity index (χ1) is 11.5. The van der Waals surface area contributed by atoms with Crippen LogP contribution in [-0.2, 0) is 16.1 Å². The molecule has 1 aromatic rings. The molecule has 24 heavy (non-hydrogen) atoms. The Labute approximate surface area is 141 Å². The Morgan fingerprint density at radius 2 is 1.88 bits per heavy atom. The second-order valence-corrected chi connectivity index (χ2v) is 6.33. The van der Waals surface area contributed by atoms with Gasteiger partial charge >= 0.3 is 6.03 Å². The molecule has 0 spiro atoms. The van der Waals surface area contributed by atoms with E-state index in [0.29, 0.717) is 6.54 Å². The number of anilines is 1. The fourth-order valence-electron chi connectivity index (χ4n) is 3.08. The quantitative estimate of drug-likeness (QED) is 0.784. The Morgan fingerprint density at radius 3 is 2.46 bits per heavy atom. The van der Waals surface area contributed by atoms with Crippen molar-refractivity contribution in [3.8, 4) is 0 Å². The third kappa shape index (κ3) is 3.67. The molecule has 0 bridgehead atoms. The van der Waals surface area contributed by atoms with Gasteiger partial charge < -0.3 is 15.1 Å². The molecular weight excluding hydrogens is 308 g/mol. The molecule has 2 heterocycles. The van der Waals surface area contributed by atoms with E-state index in [4.69, 9.17) is 0 Å². The summed E-state index contributed by atoms with van der Waals surface area (Å²) in [5.41, 5.74) is 2.25. The van der Waals surface area contributed by atoms with Crippen LogP contribution in [0.3, 0.4) is 0 Å². The predicted octanol–water partition coefficient (Wildman–Crippen LogP) is 0.843. The highest BCUT2D eigenvalue weighted by Gasteiger charge is 2.32. The standard InChI is InChI=1S/C17H22N4O3/c1-20(15(22)10-14-16(23)19-17(24)18-14)11-12-4-6-13(7-5-12)21-8-2-3-9-21/h4-7,14H,2-3,8-11H2,1H3,(H2,18,19,23,24)/t14-/m0/s1. The van der Waals surface area contributed by atoms with Crippen molar-refractivity contribution in [1.82, 2.24) is 15.5 Å². The summed E-state index contributed by atoms with van der Waals surface area (Å²) in [6.07, 6.45) is 2.45. The summed E-state index contributed by atoms with van der Waals surface area (Å²) in [4.78, 5) is 38.7. The van der Waals surface area contributed by atoms with Gasteiger partial charge in [-0.3, -0.25) is 14.9 Å². The highest BCUT2D eigenvalue weighted by atomic mass is 16.2. The van der Waals surface area contributed by atoms with Crippen molar-refractivity contribution in [2.75, 3.05) is 25.0 Å². The number of hydrogen-bond donors (Lipinski definition) is 2. The number of nitrogens with one attached hydrogen (secondary N) is 2. The van der Waals surface area contributed by atoms with Crippen LogP contribution in [0, 0.1) is 0 Å². The molecule has 3 rings (SSSR count). The van der Waals surface area contributed by atoms with Gasteiger partial charge in [0.1, 0.15) is 6.04 Å². The lowest BCUT2D eigenvalue weighted by Gasteiger charge is -2.20. The van der Waals surface area contributed by atoms with Gasteiger partial charge in [0.05, 0.1) is 6.42 Å². The largest absolute Gasteiger partial charge is 0.372 e. The van der Waals surface area contributed by atoms with Gasteiger partial charge in [-0.15, -0.1) is 0 Å². The molecule has 2 fully saturated rings. The highest BCUT2D eigenvalue weighted by Crippen LogP contribution is 2.21. The number of nitrogens with zero attached hydrogens (tertiary/aromatic N) is 2. The summed E-state index contributed by atoms with van der Waals surface area (Å²) >= 11 is 0. The van der Waals surface area contributed by atoms with E-state index in [-0.39, 0.29) is 12.3 Å². The van der Waals surface area contributed by atoms with Gasteiger partial charge in [-0.2, -0.15) is 0 Å². The normalized spacial score (nSPS) is 20.0. The molecule has 0 saturated carbocycles. The third-order valence-electron chi connectivity index (χ3n) is 4.49. The molecule has 1 aromatic carbocycles. The lowest BCUT2D eigenvalue weighted by molar-refractivity contribution is -0.133. The van der Waals surface area contributed by atoms with Crippen LogP contribution in [0.25, 0.3) is 0 Å². The van der Waals surface area contributed by atoms with E-state index in [2.05, 4.69) is 27.7 Å². The minimum atomic E-state index is -0.773. The molecule has 7 nitrogen and oxygen atoms in total. The van der Waals surface area contributed by atoms with Crippen LogP contribution in [0.2, 0.25) is 0 Å². The zero-order chi connectivity index (χ0) is 17.1. The average molecular weight is 330 g/mol. The molecule has 0 unspecified atom stereocenters. The predicted molar refractivity (Wildman–Crippen MR) is 89.4 cm³/mol. The number of amides is 4. The van der Waals surface area contributed by atoms with Crippen LogP contribution in [0.15, 0.2) is 24.3 Å². The fraction of sp³-hybridized carbons (Fsp3) is 0.471. The monoisotopic (exact) mass is 330 g/mol. The van der Waals surface area contributed by atoms with Crippen molar-refractivity contribution in [3.63, 3.8) is 0 Å². The Kier molecular flexibility index (Phi) is 4.69. The van der Waals surface area contributed by atoms with Crippen molar-refractivity contribution in [2.24, 2.45) is 0 Å². The van der Waals surface area contributed by atoms with Crippen molar-refractivity contribution < 1.29 is 14.4 Å². The first-order valence-electron chi connectivity index (χ1n) is 8.22. The number of imide groups is 1. The van der Waals surface area contributed by atoms with E-state index in [1.807, 2.05) is 12.1 Å². The average Bonchev–Trinajstić information content (AvgIpc) is 3.18. The van der Waals surface area contributed by atoms with E-state index in [9.17, 15) is 14.4 Å². The van der Waals surface area contributed by atoms with E-state index < -0.39 is 18.0 Å². The Hall–Kier alpha value is -2.57. The summed E-state index contributed by atoms with van der Waals surface area (Å²) in [6, 6.07) is 6.92. The minimum absolute atomic E-state index is 0.0278. The van der Waals surface area contributed by atoms with E-state index in [1.54, 1.807) is 11.9 Å². The van der Waals surface area contributed by atoms with Crippen LogP contribution in [0.1, 0.15) is 24.8 Å². The number of rotatable bonds is 5. The van der Waals surface area contributed by atoms with Gasteiger partial charge in [0, 0.05) is 32.4 Å². The van der Waals surface area contributed by atoms with Crippen LogP contribution in [0.4, 0.5) is 10.5 Å². The summed E-state index contributed by atoms with van der Waals surface area (Å²) in [5.74, 6) is -0.627. The van der Waals surface area contributed by atoms with Gasteiger partial charge in [0.15, 0.2) is 0 Å². The molecule has 2 saturated heterocycles. The van der Waals surface area contributed by atoms with Gasteiger partial charge in [-0.05, 0) is 30.5 Å². The summed E-state index contributed by atoms with van der Waals surface area (Å²) in [7, 11) is 1.70. The van der Waals surface area contributed by atoms with Crippen LogP contribution in [-0.4, -0.2) is 48.9 Å². The smallest absolute Gasteiger partial charge is 0.322 e. The van der Waals surface area contributed by atoms with Gasteiger partial charge in [0.2, 0.25) is 5.91 Å². The van der Waals surface area contributed by atoms with Gasteiger partial charge in [0.25, 0.3) is 5.91 Å². The van der Waals surface area contributed by atoms with Crippen molar-refractivity contribution >= 4 is 23.5 Å². The Bertz CT molecular complexity index is 638. The molecule has 2 N–H and O–H groups in total. The molecule has 7 heteroatoms. The second-order valence-electron chi connectivity index (χ2n) is 6.33. The molecule has 2 aliphatic heterocycles. The maximum Gasteiger partial charge on any atom is 0.322 e. The lowest BCUT2D eigenvalue weighted by atomic mass is 10.1. The number of urea groups is 1. The van der Waals surface area contributed by atoms with Crippen LogP contribution < -0.4 is 15.5 Å². The molecule has 128 valence electrons. The molecule has 1 atom stereocenters. The van der Waals surface area contributed by atoms with Crippen molar-refractivity contribution in [3.05, 3.63) is 29.8 Å². The molecule has 2 aliphatic rings. The SMILES string of the molecule is CN(Cc1ccc(N2CCCC2)cc1)C(=O)C[C@@H]1NC(=O)NC1=O. The minimum Gasteiger partial charge on any atom is -0.372 e. The molecule has 0 aliphatic carbocycles. The first kappa shape index (κ1) is 16.3. The zero-order valence-corrected chi connectivity index (χ0v) is 13.7. The third-order valence-corrected chi connectivity index (χ3v) is 4.49. The maximum atomic E-state index is 12.2. The zero-order valence-electron chi connectivity index (χ0n) is 13.7. The van der Waals surface area contributed by atoms with Crippen molar-refractivity contribution in [1.29, 1.82) is 0 Å². The van der Waals surface area contributed by atoms with E-state index >= 15 is 0 Å². The molecule has 0 aromatic heterocycles. The fourth-order valence-corrected chi connectivity index (χ4v) is 3.08. The number of hydrogen-bond acceptors (Lipinski definition) is 4. The summed E-state index contributed by atoms with van der Waals surface area (Å²) in [5, 5.41) is 4.57. The summed E-state index contributed by atoms with van der Waals surface area (Å²) < 4.78 is 0. The Morgan fingerprint density at radius 1 is 1.21 bits per heavy atom. The molecule has 0 radical (unpaired) electrons. The maximum absolute atomic E-state index is 12.2. The van der Waals surface area contributed by atoms with Gasteiger partial charge in [-0.1, -0.05) is 12.1 Å². The van der Waals surface area contributed by atoms with Crippen molar-refractivity contribution in [2.45, 2.75) is 31.8 Å². The first-order valence-corrected chi connectivity index (χ1v) is 8.22. The highest BCUT2D eigenvalue weighted by molar-refractivity contribution is 6.05. The second kappa shape index (κ2) is 6.90. The molecule has 4 amide bonds. The number of benzene rings is 1. The Balaban J connectivity index is 1.53. The number of carbonyl (C=O) groups excluding carboxylic acids is 3. The number of carbonyl (C=O) groups is 3. The molecular formula is C17H22N4O3.